The standard InChI is InChI=1S/C17H19F3N4O3/c1-10-5-13(17(18,19)20)4-3-12(10)6-21-16(25)24-7-14(8-24)26-9-15-22-11(2)23-27-15/h3-5,14H,6-9H2,1-2H3,(H,21,25). The third-order valence-corrected chi connectivity index (χ3v) is 4.25. The number of aryl methyl sites for hydroxylation is 2. The smallest absolute Gasteiger partial charge is 0.365 e. The van der Waals surface area contributed by atoms with Crippen molar-refractivity contribution in [3.8, 4) is 0 Å². The first-order valence-corrected chi connectivity index (χ1v) is 8.32. The summed E-state index contributed by atoms with van der Waals surface area (Å²) in [5.41, 5.74) is 0.412. The maximum atomic E-state index is 12.7. The van der Waals surface area contributed by atoms with Gasteiger partial charge in [0, 0.05) is 6.54 Å². The van der Waals surface area contributed by atoms with E-state index in [2.05, 4.69) is 15.5 Å². The number of ether oxygens (including phenoxy) is 1. The third kappa shape index (κ3) is 4.76. The highest BCUT2D eigenvalue weighted by molar-refractivity contribution is 5.75. The zero-order valence-corrected chi connectivity index (χ0v) is 14.8. The number of alkyl halides is 3. The van der Waals surface area contributed by atoms with Crippen molar-refractivity contribution in [1.82, 2.24) is 20.4 Å². The number of hydrogen-bond acceptors (Lipinski definition) is 5. The van der Waals surface area contributed by atoms with E-state index < -0.39 is 11.7 Å². The fraction of sp³-hybridized carbons (Fsp3) is 0.471. The molecular weight excluding hydrogens is 365 g/mol. The topological polar surface area (TPSA) is 80.5 Å². The Bertz CT molecular complexity index is 816. The van der Waals surface area contributed by atoms with Crippen LogP contribution in [-0.4, -0.2) is 40.3 Å². The van der Waals surface area contributed by atoms with Gasteiger partial charge in [-0.15, -0.1) is 0 Å². The van der Waals surface area contributed by atoms with E-state index in [1.54, 1.807) is 18.7 Å². The van der Waals surface area contributed by atoms with Gasteiger partial charge in [0.25, 0.3) is 5.89 Å². The molecule has 2 aromatic rings. The van der Waals surface area contributed by atoms with E-state index in [4.69, 9.17) is 9.26 Å². The summed E-state index contributed by atoms with van der Waals surface area (Å²) < 4.78 is 48.5. The van der Waals surface area contributed by atoms with Crippen LogP contribution in [0.25, 0.3) is 0 Å². The Kier molecular flexibility index (Phi) is 5.36. The number of nitrogens with one attached hydrogen (secondary N) is 1. The lowest BCUT2D eigenvalue weighted by Crippen LogP contribution is -2.57. The highest BCUT2D eigenvalue weighted by atomic mass is 19.4. The minimum absolute atomic E-state index is 0.115. The summed E-state index contributed by atoms with van der Waals surface area (Å²) in [5.74, 6) is 0.912. The van der Waals surface area contributed by atoms with E-state index >= 15 is 0 Å². The van der Waals surface area contributed by atoms with E-state index in [0.29, 0.717) is 35.9 Å². The molecule has 0 aliphatic carbocycles. The minimum Gasteiger partial charge on any atom is -0.365 e. The summed E-state index contributed by atoms with van der Waals surface area (Å²) >= 11 is 0. The molecule has 1 saturated heterocycles. The SMILES string of the molecule is Cc1noc(COC2CN(C(=O)NCc3ccc(C(F)(F)F)cc3C)C2)n1. The van der Waals surface area contributed by atoms with Crippen molar-refractivity contribution < 1.29 is 27.2 Å². The monoisotopic (exact) mass is 384 g/mol. The van der Waals surface area contributed by atoms with Crippen LogP contribution in [0.1, 0.15) is 28.4 Å². The van der Waals surface area contributed by atoms with Gasteiger partial charge >= 0.3 is 12.2 Å². The second-order valence-electron chi connectivity index (χ2n) is 6.37. The Morgan fingerprint density at radius 2 is 2.11 bits per heavy atom. The summed E-state index contributed by atoms with van der Waals surface area (Å²) in [7, 11) is 0. The number of benzene rings is 1. The number of hydrogen-bond donors (Lipinski definition) is 1. The number of carbonyl (C=O) groups excluding carboxylic acids is 1. The molecule has 0 saturated carbocycles. The fourth-order valence-corrected chi connectivity index (χ4v) is 2.65. The third-order valence-electron chi connectivity index (χ3n) is 4.25. The van der Waals surface area contributed by atoms with Gasteiger partial charge in [-0.3, -0.25) is 0 Å². The highest BCUT2D eigenvalue weighted by Gasteiger charge is 2.32. The van der Waals surface area contributed by atoms with E-state index in [-0.39, 0.29) is 25.3 Å². The van der Waals surface area contributed by atoms with Gasteiger partial charge < -0.3 is 19.5 Å². The molecule has 1 aromatic heterocycles. The van der Waals surface area contributed by atoms with Crippen LogP contribution in [0.15, 0.2) is 22.7 Å². The normalized spacial score (nSPS) is 14.9. The quantitative estimate of drug-likeness (QED) is 0.858. The molecule has 0 radical (unpaired) electrons. The lowest BCUT2D eigenvalue weighted by atomic mass is 10.0. The molecule has 7 nitrogen and oxygen atoms in total. The molecule has 1 aliphatic rings. The molecule has 10 heteroatoms. The van der Waals surface area contributed by atoms with E-state index in [1.807, 2.05) is 0 Å². The number of amides is 2. The Hall–Kier alpha value is -2.62. The average Bonchev–Trinajstić information content (AvgIpc) is 2.96. The van der Waals surface area contributed by atoms with Gasteiger partial charge in [-0.2, -0.15) is 18.2 Å². The predicted molar refractivity (Wildman–Crippen MR) is 87.6 cm³/mol. The van der Waals surface area contributed by atoms with Gasteiger partial charge in [-0.1, -0.05) is 11.2 Å². The van der Waals surface area contributed by atoms with Crippen LogP contribution >= 0.6 is 0 Å². The van der Waals surface area contributed by atoms with Gasteiger partial charge in [0.1, 0.15) is 6.61 Å². The molecule has 3 rings (SSSR count). The van der Waals surface area contributed by atoms with Crippen LogP contribution in [0, 0.1) is 13.8 Å². The van der Waals surface area contributed by atoms with Gasteiger partial charge in [0.2, 0.25) is 0 Å². The number of halogens is 3. The number of aromatic nitrogens is 2. The summed E-state index contributed by atoms with van der Waals surface area (Å²) in [6.45, 7) is 4.48. The van der Waals surface area contributed by atoms with Crippen molar-refractivity contribution in [3.63, 3.8) is 0 Å². The summed E-state index contributed by atoms with van der Waals surface area (Å²) in [4.78, 5) is 17.7. The number of likely N-dealkylation sites (tertiary alicyclic amines) is 1. The molecule has 27 heavy (non-hydrogen) atoms. The first-order chi connectivity index (χ1) is 12.7. The van der Waals surface area contributed by atoms with E-state index in [1.165, 1.54) is 6.07 Å². The Morgan fingerprint density at radius 1 is 1.37 bits per heavy atom. The van der Waals surface area contributed by atoms with Crippen molar-refractivity contribution in [2.45, 2.75) is 39.3 Å². The van der Waals surface area contributed by atoms with Crippen LogP contribution in [0.3, 0.4) is 0 Å². The van der Waals surface area contributed by atoms with Crippen molar-refractivity contribution >= 4 is 6.03 Å². The molecule has 2 heterocycles. The van der Waals surface area contributed by atoms with Gasteiger partial charge in [0.15, 0.2) is 5.82 Å². The fourth-order valence-electron chi connectivity index (χ4n) is 2.65. The summed E-state index contributed by atoms with van der Waals surface area (Å²) in [6.07, 6.45) is -4.49. The van der Waals surface area contributed by atoms with Crippen LogP contribution in [0.4, 0.5) is 18.0 Å². The second kappa shape index (κ2) is 7.55. The number of nitrogens with zero attached hydrogens (tertiary/aromatic N) is 3. The van der Waals surface area contributed by atoms with Gasteiger partial charge in [0.05, 0.1) is 24.8 Å². The lowest BCUT2D eigenvalue weighted by Gasteiger charge is -2.38. The Morgan fingerprint density at radius 3 is 2.70 bits per heavy atom. The van der Waals surface area contributed by atoms with Gasteiger partial charge in [-0.25, -0.2) is 4.79 Å². The molecule has 0 spiro atoms. The average molecular weight is 384 g/mol. The minimum atomic E-state index is -4.38. The molecule has 2 amide bonds. The van der Waals surface area contributed by atoms with Crippen molar-refractivity contribution in [3.05, 3.63) is 46.6 Å². The van der Waals surface area contributed by atoms with Crippen LogP contribution in [0.2, 0.25) is 0 Å². The first kappa shape index (κ1) is 19.2. The van der Waals surface area contributed by atoms with Crippen LogP contribution in [-0.2, 0) is 24.1 Å². The van der Waals surface area contributed by atoms with Crippen LogP contribution in [0.5, 0.6) is 0 Å². The molecule has 146 valence electrons. The summed E-state index contributed by atoms with van der Waals surface area (Å²) in [6, 6.07) is 3.19. The van der Waals surface area contributed by atoms with Gasteiger partial charge in [-0.05, 0) is 37.1 Å². The molecule has 1 N–H and O–H groups in total. The maximum absolute atomic E-state index is 12.7. The Labute approximate surface area is 153 Å². The van der Waals surface area contributed by atoms with E-state index in [0.717, 1.165) is 12.1 Å². The molecule has 0 bridgehead atoms. The largest absolute Gasteiger partial charge is 0.416 e. The molecule has 0 unspecified atom stereocenters. The second-order valence-corrected chi connectivity index (χ2v) is 6.37. The van der Waals surface area contributed by atoms with E-state index in [9.17, 15) is 18.0 Å². The molecule has 0 atom stereocenters. The van der Waals surface area contributed by atoms with Crippen molar-refractivity contribution in [2.75, 3.05) is 13.1 Å². The zero-order chi connectivity index (χ0) is 19.6. The summed E-state index contributed by atoms with van der Waals surface area (Å²) in [5, 5.41) is 6.36. The first-order valence-electron chi connectivity index (χ1n) is 8.32. The van der Waals surface area contributed by atoms with Crippen molar-refractivity contribution in [1.29, 1.82) is 0 Å². The zero-order valence-electron chi connectivity index (χ0n) is 14.8. The molecular formula is C17H19F3N4O3. The lowest BCUT2D eigenvalue weighted by molar-refractivity contribution is -0.137. The predicted octanol–water partition coefficient (Wildman–Crippen LogP) is 2.82. The maximum Gasteiger partial charge on any atom is 0.416 e. The number of carbonyl (C=O) groups is 1. The molecule has 1 fully saturated rings. The number of urea groups is 1. The Balaban J connectivity index is 1.42. The van der Waals surface area contributed by atoms with Crippen LogP contribution < -0.4 is 5.32 Å². The molecule has 1 aromatic carbocycles. The molecule has 1 aliphatic heterocycles. The highest BCUT2D eigenvalue weighted by Crippen LogP contribution is 2.30. The number of rotatable bonds is 5. The van der Waals surface area contributed by atoms with Crippen molar-refractivity contribution in [2.24, 2.45) is 0 Å².